The van der Waals surface area contributed by atoms with E-state index in [2.05, 4.69) is 4.74 Å². The van der Waals surface area contributed by atoms with Gasteiger partial charge in [0.15, 0.2) is 18.3 Å². The topological polar surface area (TPSA) is 53.7 Å². The first-order valence-electron chi connectivity index (χ1n) is 6.55. The van der Waals surface area contributed by atoms with E-state index in [1.807, 2.05) is 6.92 Å². The van der Waals surface area contributed by atoms with E-state index in [0.717, 1.165) is 12.0 Å². The Morgan fingerprint density at radius 1 is 1.24 bits per heavy atom. The fourth-order valence-electron chi connectivity index (χ4n) is 1.67. The van der Waals surface area contributed by atoms with Crippen LogP contribution in [0.1, 0.15) is 18.9 Å². The highest BCUT2D eigenvalue weighted by molar-refractivity contribution is 5.43. The molecule has 120 valence electrons. The number of nitrogens with two attached hydrogens (primary N) is 1. The highest BCUT2D eigenvalue weighted by Crippen LogP contribution is 2.28. The zero-order chi connectivity index (χ0) is 15.9. The van der Waals surface area contributed by atoms with Gasteiger partial charge in [0.1, 0.15) is 6.61 Å². The molecule has 0 spiro atoms. The van der Waals surface area contributed by atoms with E-state index >= 15 is 0 Å². The molecule has 1 aromatic rings. The Hall–Kier alpha value is -1.47. The quantitative estimate of drug-likeness (QED) is 0.593. The van der Waals surface area contributed by atoms with Crippen LogP contribution in [0.4, 0.5) is 13.2 Å². The number of alkyl halides is 3. The summed E-state index contributed by atoms with van der Waals surface area (Å²) in [5.41, 5.74) is 6.85. The SMILES string of the molecule is CCC(N)Cc1ccc(OCOCC(F)(F)F)c(OC)c1. The summed E-state index contributed by atoms with van der Waals surface area (Å²) in [5.74, 6) is 0.764. The molecule has 0 bridgehead atoms. The van der Waals surface area contributed by atoms with Crippen molar-refractivity contribution in [3.05, 3.63) is 23.8 Å². The first kappa shape index (κ1) is 17.6. The van der Waals surface area contributed by atoms with Gasteiger partial charge in [0.25, 0.3) is 0 Å². The third-order valence-corrected chi connectivity index (χ3v) is 2.81. The van der Waals surface area contributed by atoms with E-state index in [9.17, 15) is 13.2 Å². The van der Waals surface area contributed by atoms with Crippen molar-refractivity contribution in [2.75, 3.05) is 20.5 Å². The van der Waals surface area contributed by atoms with Crippen molar-refractivity contribution in [3.63, 3.8) is 0 Å². The predicted molar refractivity (Wildman–Crippen MR) is 72.5 cm³/mol. The maximum Gasteiger partial charge on any atom is 0.411 e. The van der Waals surface area contributed by atoms with Crippen LogP contribution in [0.2, 0.25) is 0 Å². The molecule has 1 rings (SSSR count). The van der Waals surface area contributed by atoms with Crippen LogP contribution < -0.4 is 15.2 Å². The molecule has 0 heterocycles. The second-order valence-electron chi connectivity index (χ2n) is 4.58. The first-order valence-corrected chi connectivity index (χ1v) is 6.55. The maximum absolute atomic E-state index is 11.9. The molecule has 0 radical (unpaired) electrons. The summed E-state index contributed by atoms with van der Waals surface area (Å²) in [6, 6.07) is 5.25. The maximum atomic E-state index is 11.9. The van der Waals surface area contributed by atoms with Crippen LogP contribution in [0.5, 0.6) is 11.5 Å². The Bertz CT molecular complexity index is 438. The lowest BCUT2D eigenvalue weighted by atomic mass is 10.0. The van der Waals surface area contributed by atoms with Crippen LogP contribution in [0.15, 0.2) is 18.2 Å². The number of rotatable bonds is 8. The van der Waals surface area contributed by atoms with Gasteiger partial charge in [-0.25, -0.2) is 0 Å². The van der Waals surface area contributed by atoms with Crippen molar-refractivity contribution in [2.24, 2.45) is 5.73 Å². The molecule has 0 fully saturated rings. The van der Waals surface area contributed by atoms with Crippen molar-refractivity contribution in [2.45, 2.75) is 32.0 Å². The molecule has 4 nitrogen and oxygen atoms in total. The average Bonchev–Trinajstić information content (AvgIpc) is 2.43. The van der Waals surface area contributed by atoms with Crippen molar-refractivity contribution >= 4 is 0 Å². The van der Waals surface area contributed by atoms with Crippen LogP contribution in [-0.4, -0.2) is 32.7 Å². The standard InChI is InChI=1S/C14H20F3NO3/c1-3-11(18)6-10-4-5-12(13(7-10)19-2)21-9-20-8-14(15,16)17/h4-5,7,11H,3,6,8-9,18H2,1-2H3. The van der Waals surface area contributed by atoms with Crippen LogP contribution in [0.3, 0.4) is 0 Å². The Kier molecular flexibility index (Phi) is 6.77. The van der Waals surface area contributed by atoms with Gasteiger partial charge in [-0.2, -0.15) is 13.2 Å². The monoisotopic (exact) mass is 307 g/mol. The van der Waals surface area contributed by atoms with Crippen molar-refractivity contribution in [1.29, 1.82) is 0 Å². The molecule has 0 aromatic heterocycles. The summed E-state index contributed by atoms with van der Waals surface area (Å²) in [5, 5.41) is 0. The fraction of sp³-hybridized carbons (Fsp3) is 0.571. The highest BCUT2D eigenvalue weighted by atomic mass is 19.4. The number of ether oxygens (including phenoxy) is 3. The molecule has 21 heavy (non-hydrogen) atoms. The molecule has 0 saturated carbocycles. The fourth-order valence-corrected chi connectivity index (χ4v) is 1.67. The molecular weight excluding hydrogens is 287 g/mol. The second kappa shape index (κ2) is 8.09. The summed E-state index contributed by atoms with van der Waals surface area (Å²) < 4.78 is 50.4. The molecule has 1 atom stereocenters. The van der Waals surface area contributed by atoms with Crippen molar-refractivity contribution in [3.8, 4) is 11.5 Å². The van der Waals surface area contributed by atoms with E-state index in [0.29, 0.717) is 17.9 Å². The lowest BCUT2D eigenvalue weighted by molar-refractivity contribution is -0.186. The van der Waals surface area contributed by atoms with Gasteiger partial charge in [-0.3, -0.25) is 0 Å². The lowest BCUT2D eigenvalue weighted by Crippen LogP contribution is -2.21. The Morgan fingerprint density at radius 3 is 2.52 bits per heavy atom. The second-order valence-corrected chi connectivity index (χ2v) is 4.58. The van der Waals surface area contributed by atoms with E-state index in [1.165, 1.54) is 7.11 Å². The Balaban J connectivity index is 2.58. The Morgan fingerprint density at radius 2 is 1.95 bits per heavy atom. The number of halogens is 3. The summed E-state index contributed by atoms with van der Waals surface area (Å²) >= 11 is 0. The molecule has 7 heteroatoms. The normalized spacial score (nSPS) is 13.0. The first-order chi connectivity index (χ1) is 9.85. The molecule has 0 aliphatic carbocycles. The molecule has 0 aliphatic heterocycles. The summed E-state index contributed by atoms with van der Waals surface area (Å²) in [6.45, 7) is 0.153. The summed E-state index contributed by atoms with van der Waals surface area (Å²) in [4.78, 5) is 0. The van der Waals surface area contributed by atoms with Gasteiger partial charge < -0.3 is 19.9 Å². The molecule has 1 unspecified atom stereocenters. The largest absolute Gasteiger partial charge is 0.493 e. The van der Waals surface area contributed by atoms with Crippen LogP contribution in [-0.2, 0) is 11.2 Å². The molecule has 0 saturated heterocycles. The van der Waals surface area contributed by atoms with Crippen molar-refractivity contribution < 1.29 is 27.4 Å². The zero-order valence-corrected chi connectivity index (χ0v) is 12.1. The van der Waals surface area contributed by atoms with Gasteiger partial charge in [0, 0.05) is 6.04 Å². The highest BCUT2D eigenvalue weighted by Gasteiger charge is 2.27. The van der Waals surface area contributed by atoms with Gasteiger partial charge in [-0.1, -0.05) is 13.0 Å². The molecular formula is C14H20F3NO3. The third-order valence-electron chi connectivity index (χ3n) is 2.81. The number of hydrogen-bond donors (Lipinski definition) is 1. The molecule has 1 aromatic carbocycles. The summed E-state index contributed by atoms with van der Waals surface area (Å²) in [7, 11) is 1.46. The van der Waals surface area contributed by atoms with E-state index in [4.69, 9.17) is 15.2 Å². The van der Waals surface area contributed by atoms with Gasteiger partial charge in [0.2, 0.25) is 0 Å². The number of benzene rings is 1. The molecule has 0 aliphatic rings. The van der Waals surface area contributed by atoms with Crippen LogP contribution in [0.25, 0.3) is 0 Å². The molecule has 2 N–H and O–H groups in total. The number of hydrogen-bond acceptors (Lipinski definition) is 4. The summed E-state index contributed by atoms with van der Waals surface area (Å²) in [6.07, 6.45) is -2.82. The van der Waals surface area contributed by atoms with Crippen LogP contribution in [0, 0.1) is 0 Å². The van der Waals surface area contributed by atoms with E-state index in [1.54, 1.807) is 18.2 Å². The number of methoxy groups -OCH3 is 1. The minimum absolute atomic E-state index is 0.0524. The molecule has 0 amide bonds. The van der Waals surface area contributed by atoms with E-state index in [-0.39, 0.29) is 6.04 Å². The Labute approximate surface area is 122 Å². The van der Waals surface area contributed by atoms with Gasteiger partial charge in [-0.05, 0) is 30.5 Å². The van der Waals surface area contributed by atoms with E-state index < -0.39 is 19.6 Å². The van der Waals surface area contributed by atoms with Gasteiger partial charge >= 0.3 is 6.18 Å². The smallest absolute Gasteiger partial charge is 0.411 e. The van der Waals surface area contributed by atoms with Crippen LogP contribution >= 0.6 is 0 Å². The van der Waals surface area contributed by atoms with Crippen molar-refractivity contribution in [1.82, 2.24) is 0 Å². The minimum Gasteiger partial charge on any atom is -0.493 e. The third kappa shape index (κ3) is 6.68. The zero-order valence-electron chi connectivity index (χ0n) is 12.1. The average molecular weight is 307 g/mol. The van der Waals surface area contributed by atoms with Gasteiger partial charge in [0.05, 0.1) is 7.11 Å². The lowest BCUT2D eigenvalue weighted by Gasteiger charge is -2.14. The predicted octanol–water partition coefficient (Wildman–Crippen LogP) is 2.89. The van der Waals surface area contributed by atoms with Gasteiger partial charge in [-0.15, -0.1) is 0 Å². The minimum atomic E-state index is -4.37.